The number of nitrogens with two attached hydrogens (primary N) is 3. The van der Waals surface area contributed by atoms with Gasteiger partial charge in [-0.15, -0.1) is 0 Å². The first kappa shape index (κ1) is 31.0. The number of hydrogen-bond acceptors (Lipinski definition) is 9. The Labute approximate surface area is 203 Å². The summed E-state index contributed by atoms with van der Waals surface area (Å²) in [5.74, 6) is -3.34. The quantitative estimate of drug-likeness (QED) is 0.0751. The predicted octanol–water partition coefficient (Wildman–Crippen LogP) is -2.07. The van der Waals surface area contributed by atoms with E-state index < -0.39 is 53.8 Å². The molecule has 0 aliphatic heterocycles. The molecule has 12 nitrogen and oxygen atoms in total. The van der Waals surface area contributed by atoms with Crippen LogP contribution in [0.4, 0.5) is 0 Å². The maximum atomic E-state index is 12.9. The van der Waals surface area contributed by atoms with Gasteiger partial charge in [0.15, 0.2) is 0 Å². The molecule has 0 aromatic heterocycles. The molecule has 4 unspecified atom stereocenters. The summed E-state index contributed by atoms with van der Waals surface area (Å²) in [5.41, 5.74) is 16.2. The molecule has 0 fully saturated rings. The van der Waals surface area contributed by atoms with Gasteiger partial charge in [-0.25, -0.2) is 4.79 Å². The summed E-state index contributed by atoms with van der Waals surface area (Å²) >= 11 is 5.38. The van der Waals surface area contributed by atoms with Gasteiger partial charge in [-0.2, -0.15) is 24.4 Å². The third kappa shape index (κ3) is 13.3. The molecule has 14 heteroatoms. The van der Waals surface area contributed by atoms with E-state index in [9.17, 15) is 29.1 Å². The number of primary amides is 1. The van der Waals surface area contributed by atoms with Gasteiger partial charge in [0.1, 0.15) is 18.1 Å². The fourth-order valence-electron chi connectivity index (χ4n) is 2.72. The van der Waals surface area contributed by atoms with E-state index in [-0.39, 0.29) is 31.4 Å². The zero-order valence-electron chi connectivity index (χ0n) is 18.7. The molecule has 0 aromatic carbocycles. The van der Waals surface area contributed by atoms with E-state index in [1.54, 1.807) is 0 Å². The van der Waals surface area contributed by atoms with E-state index in [0.29, 0.717) is 25.1 Å². The predicted molar refractivity (Wildman–Crippen MR) is 130 cm³/mol. The van der Waals surface area contributed by atoms with E-state index in [2.05, 4.69) is 28.6 Å². The summed E-state index contributed by atoms with van der Waals surface area (Å²) in [6.07, 6.45) is 3.09. The van der Waals surface area contributed by atoms with Crippen LogP contribution in [0.25, 0.3) is 0 Å². The molecule has 0 saturated carbocycles. The van der Waals surface area contributed by atoms with Crippen LogP contribution in [-0.4, -0.2) is 83.2 Å². The van der Waals surface area contributed by atoms with E-state index in [4.69, 9.17) is 17.2 Å². The number of nitrogens with one attached hydrogen (secondary N) is 3. The molecule has 190 valence electrons. The van der Waals surface area contributed by atoms with Crippen LogP contribution in [-0.2, 0) is 24.0 Å². The Bertz CT molecular complexity index is 669. The van der Waals surface area contributed by atoms with Crippen molar-refractivity contribution in [2.75, 3.05) is 24.3 Å². The topological polar surface area (TPSA) is 220 Å². The van der Waals surface area contributed by atoms with Gasteiger partial charge in [0.05, 0.1) is 6.04 Å². The lowest BCUT2D eigenvalue weighted by Gasteiger charge is -2.25. The highest BCUT2D eigenvalue weighted by atomic mass is 32.2. The molecule has 0 rings (SSSR count). The van der Waals surface area contributed by atoms with Gasteiger partial charge in [0.2, 0.25) is 23.6 Å². The number of hydrogen-bond donors (Lipinski definition) is 8. The van der Waals surface area contributed by atoms with Crippen LogP contribution in [0.5, 0.6) is 0 Å². The molecule has 0 heterocycles. The van der Waals surface area contributed by atoms with Crippen LogP contribution in [0.15, 0.2) is 0 Å². The first-order chi connectivity index (χ1) is 15.6. The van der Waals surface area contributed by atoms with Gasteiger partial charge in [-0.05, 0) is 50.7 Å². The average molecular weight is 509 g/mol. The summed E-state index contributed by atoms with van der Waals surface area (Å²) < 4.78 is 0. The summed E-state index contributed by atoms with van der Waals surface area (Å²) in [5, 5.41) is 16.8. The number of amides is 4. The number of thiol groups is 1. The van der Waals surface area contributed by atoms with Crippen LogP contribution in [0.1, 0.15) is 38.5 Å². The molecule has 33 heavy (non-hydrogen) atoms. The second kappa shape index (κ2) is 17.4. The normalized spacial score (nSPS) is 14.4. The Hall–Kier alpha value is -2.03. The van der Waals surface area contributed by atoms with Crippen molar-refractivity contribution < 1.29 is 29.1 Å². The molecule has 0 spiro atoms. The minimum Gasteiger partial charge on any atom is -0.480 e. The highest BCUT2D eigenvalue weighted by Gasteiger charge is 2.30. The van der Waals surface area contributed by atoms with Crippen LogP contribution in [0.2, 0.25) is 0 Å². The monoisotopic (exact) mass is 508 g/mol. The average Bonchev–Trinajstić information content (AvgIpc) is 2.77. The van der Waals surface area contributed by atoms with Crippen molar-refractivity contribution >= 4 is 54.0 Å². The second-order valence-electron chi connectivity index (χ2n) is 7.38. The van der Waals surface area contributed by atoms with Crippen LogP contribution in [0, 0.1) is 0 Å². The van der Waals surface area contributed by atoms with Crippen molar-refractivity contribution in [3.63, 3.8) is 0 Å². The van der Waals surface area contributed by atoms with Crippen LogP contribution >= 0.6 is 24.4 Å². The first-order valence-corrected chi connectivity index (χ1v) is 12.6. The van der Waals surface area contributed by atoms with Crippen molar-refractivity contribution in [2.24, 2.45) is 17.2 Å². The number of carbonyl (C=O) groups is 5. The lowest BCUT2D eigenvalue weighted by Crippen LogP contribution is -2.57. The van der Waals surface area contributed by atoms with Crippen molar-refractivity contribution in [1.82, 2.24) is 16.0 Å². The lowest BCUT2D eigenvalue weighted by molar-refractivity contribution is -0.142. The van der Waals surface area contributed by atoms with E-state index >= 15 is 0 Å². The van der Waals surface area contributed by atoms with Gasteiger partial charge in [-0.1, -0.05) is 0 Å². The van der Waals surface area contributed by atoms with E-state index in [1.165, 1.54) is 11.8 Å². The molecular weight excluding hydrogens is 472 g/mol. The zero-order valence-corrected chi connectivity index (χ0v) is 20.5. The molecule has 0 saturated heterocycles. The lowest BCUT2D eigenvalue weighted by atomic mass is 10.1. The van der Waals surface area contributed by atoms with Gasteiger partial charge in [-0.3, -0.25) is 19.2 Å². The highest BCUT2D eigenvalue weighted by Crippen LogP contribution is 2.07. The molecule has 0 radical (unpaired) electrons. The van der Waals surface area contributed by atoms with Crippen LogP contribution < -0.4 is 33.2 Å². The van der Waals surface area contributed by atoms with Gasteiger partial charge < -0.3 is 38.3 Å². The summed E-state index contributed by atoms with van der Waals surface area (Å²) in [4.78, 5) is 60.5. The Morgan fingerprint density at radius 2 is 1.45 bits per heavy atom. The standard InChI is InChI=1S/C19H36N6O6S2/c1-33-9-7-13(18(29)25-14(19(30)31)4-2-3-8-20)24-17(28)12(5-6-15(22)26)23-16(27)11(21)10-32/h11-14,32H,2-10,20-21H2,1H3,(H2,22,26)(H,23,27)(H,24,28)(H,25,29)(H,30,31). The van der Waals surface area contributed by atoms with Gasteiger partial charge >= 0.3 is 5.97 Å². The highest BCUT2D eigenvalue weighted by molar-refractivity contribution is 7.98. The van der Waals surface area contributed by atoms with Gasteiger partial charge in [0.25, 0.3) is 0 Å². The molecular formula is C19H36N6O6S2. The molecule has 10 N–H and O–H groups in total. The number of rotatable bonds is 18. The van der Waals surface area contributed by atoms with Crippen molar-refractivity contribution in [1.29, 1.82) is 0 Å². The minimum absolute atomic E-state index is 0.0372. The Morgan fingerprint density at radius 3 is 1.94 bits per heavy atom. The number of aliphatic carboxylic acids is 1. The fraction of sp³-hybridized carbons (Fsp3) is 0.737. The smallest absolute Gasteiger partial charge is 0.326 e. The first-order valence-electron chi connectivity index (χ1n) is 10.5. The number of thioether (sulfide) groups is 1. The molecule has 4 amide bonds. The maximum absolute atomic E-state index is 12.9. The molecule has 0 bridgehead atoms. The van der Waals surface area contributed by atoms with Crippen molar-refractivity contribution in [2.45, 2.75) is 62.7 Å². The largest absolute Gasteiger partial charge is 0.480 e. The number of unbranched alkanes of at least 4 members (excludes halogenated alkanes) is 1. The minimum atomic E-state index is -1.19. The Balaban J connectivity index is 5.40. The third-order valence-corrected chi connectivity index (χ3v) is 5.69. The molecule has 0 aliphatic rings. The third-order valence-electron chi connectivity index (χ3n) is 4.65. The Kier molecular flexibility index (Phi) is 16.4. The van der Waals surface area contributed by atoms with Crippen molar-refractivity contribution in [3.8, 4) is 0 Å². The fourth-order valence-corrected chi connectivity index (χ4v) is 3.35. The molecule has 0 aromatic rings. The van der Waals surface area contributed by atoms with E-state index in [1.807, 2.05) is 6.26 Å². The van der Waals surface area contributed by atoms with E-state index in [0.717, 1.165) is 0 Å². The van der Waals surface area contributed by atoms with Crippen LogP contribution in [0.3, 0.4) is 0 Å². The summed E-state index contributed by atoms with van der Waals surface area (Å²) in [6, 6.07) is -4.32. The maximum Gasteiger partial charge on any atom is 0.326 e. The number of carboxylic acids is 1. The number of carbonyl (C=O) groups excluding carboxylic acids is 4. The SMILES string of the molecule is CSCCC(NC(=O)C(CCC(N)=O)NC(=O)C(N)CS)C(=O)NC(CCCCN)C(=O)O. The second-order valence-corrected chi connectivity index (χ2v) is 8.73. The zero-order chi connectivity index (χ0) is 25.4. The molecule has 0 aliphatic carbocycles. The number of carboxylic acid groups (broad SMARTS) is 1. The molecule has 4 atom stereocenters. The van der Waals surface area contributed by atoms with Crippen molar-refractivity contribution in [3.05, 3.63) is 0 Å². The summed E-state index contributed by atoms with van der Waals surface area (Å²) in [6.45, 7) is 0.405. The summed E-state index contributed by atoms with van der Waals surface area (Å²) in [7, 11) is 0. The van der Waals surface area contributed by atoms with Gasteiger partial charge in [0, 0.05) is 12.2 Å². The Morgan fingerprint density at radius 1 is 0.909 bits per heavy atom.